The van der Waals surface area contributed by atoms with E-state index in [0.29, 0.717) is 11.0 Å². The largest absolute Gasteiger partial charge is 0.455 e. The van der Waals surface area contributed by atoms with Crippen molar-refractivity contribution in [2.24, 2.45) is 0 Å². The van der Waals surface area contributed by atoms with Crippen LogP contribution in [-0.2, 0) is 14.3 Å². The van der Waals surface area contributed by atoms with E-state index in [-0.39, 0.29) is 24.3 Å². The van der Waals surface area contributed by atoms with Crippen LogP contribution in [-0.4, -0.2) is 56.5 Å². The van der Waals surface area contributed by atoms with Gasteiger partial charge in [0.05, 0.1) is 5.75 Å². The number of rotatable bonds is 8. The van der Waals surface area contributed by atoms with E-state index in [9.17, 15) is 9.59 Å². The number of piperidine rings is 1. The molecule has 1 aromatic heterocycles. The van der Waals surface area contributed by atoms with Gasteiger partial charge in [-0.15, -0.1) is 10.2 Å². The monoisotopic (exact) mass is 464 g/mol. The molecule has 8 heteroatoms. The number of likely N-dealkylation sites (tertiary alicyclic amines) is 1. The van der Waals surface area contributed by atoms with Gasteiger partial charge in [0.2, 0.25) is 0 Å². The Morgan fingerprint density at radius 1 is 1.03 bits per heavy atom. The van der Waals surface area contributed by atoms with Crippen LogP contribution in [0.5, 0.6) is 0 Å². The predicted octanol–water partition coefficient (Wildman–Crippen LogP) is 4.36. The van der Waals surface area contributed by atoms with Crippen molar-refractivity contribution in [2.75, 3.05) is 18.9 Å². The van der Waals surface area contributed by atoms with Gasteiger partial charge in [-0.3, -0.25) is 14.2 Å². The van der Waals surface area contributed by atoms with E-state index in [1.54, 1.807) is 0 Å². The number of carbonyl (C=O) groups excluding carboxylic acids is 2. The molecule has 172 valence electrons. The van der Waals surface area contributed by atoms with Crippen LogP contribution in [0.2, 0.25) is 0 Å². The lowest BCUT2D eigenvalue weighted by atomic mass is 10.00. The van der Waals surface area contributed by atoms with Gasteiger partial charge < -0.3 is 9.64 Å². The number of hydrogen-bond donors (Lipinski definition) is 0. The molecule has 1 fully saturated rings. The van der Waals surface area contributed by atoms with Crippen LogP contribution in [0.4, 0.5) is 0 Å². The molecule has 1 atom stereocenters. The fourth-order valence-corrected chi connectivity index (χ4v) is 4.84. The number of thioether (sulfide) groups is 1. The second-order valence-electron chi connectivity index (χ2n) is 7.94. The molecule has 0 aliphatic carbocycles. The second-order valence-corrected chi connectivity index (χ2v) is 8.88. The zero-order valence-corrected chi connectivity index (χ0v) is 19.5. The molecule has 3 aromatic rings. The Balaban J connectivity index is 1.41. The summed E-state index contributed by atoms with van der Waals surface area (Å²) in [5.41, 5.74) is 1.84. The first-order valence-corrected chi connectivity index (χ1v) is 12.3. The number of esters is 1. The summed E-state index contributed by atoms with van der Waals surface area (Å²) >= 11 is 1.25. The van der Waals surface area contributed by atoms with Crippen molar-refractivity contribution in [3.8, 4) is 17.1 Å². The average molecular weight is 465 g/mol. The third kappa shape index (κ3) is 5.63. The van der Waals surface area contributed by atoms with E-state index in [2.05, 4.69) is 17.1 Å². The van der Waals surface area contributed by atoms with Crippen molar-refractivity contribution >= 4 is 23.6 Å². The Morgan fingerprint density at radius 3 is 2.48 bits per heavy atom. The zero-order chi connectivity index (χ0) is 23.0. The summed E-state index contributed by atoms with van der Waals surface area (Å²) in [6.45, 7) is 2.62. The van der Waals surface area contributed by atoms with Gasteiger partial charge in [0.15, 0.2) is 17.6 Å². The normalized spacial score (nSPS) is 15.9. The molecule has 1 aliphatic rings. The van der Waals surface area contributed by atoms with Crippen LogP contribution in [0.25, 0.3) is 17.1 Å². The van der Waals surface area contributed by atoms with E-state index in [0.717, 1.165) is 43.5 Å². The van der Waals surface area contributed by atoms with Gasteiger partial charge in [-0.1, -0.05) is 67.2 Å². The summed E-state index contributed by atoms with van der Waals surface area (Å²) in [6.07, 6.45) is 4.09. The molecule has 0 spiro atoms. The number of hydrogen-bond acceptors (Lipinski definition) is 6. The minimum atomic E-state index is -0.442. The molecular formula is C25H28N4O3S. The highest BCUT2D eigenvalue weighted by atomic mass is 32.2. The molecule has 2 aromatic carbocycles. The van der Waals surface area contributed by atoms with Crippen molar-refractivity contribution in [1.82, 2.24) is 19.7 Å². The van der Waals surface area contributed by atoms with Crippen molar-refractivity contribution in [2.45, 2.75) is 43.8 Å². The fourth-order valence-electron chi connectivity index (χ4n) is 4.09. The van der Waals surface area contributed by atoms with Gasteiger partial charge in [0, 0.05) is 23.8 Å². The molecule has 0 bridgehead atoms. The van der Waals surface area contributed by atoms with Crippen LogP contribution in [0.3, 0.4) is 0 Å². The summed E-state index contributed by atoms with van der Waals surface area (Å²) in [6, 6.07) is 19.8. The van der Waals surface area contributed by atoms with Crippen molar-refractivity contribution in [3.63, 3.8) is 0 Å². The Bertz CT molecular complexity index is 1070. The highest BCUT2D eigenvalue weighted by Crippen LogP contribution is 2.28. The molecule has 33 heavy (non-hydrogen) atoms. The number of benzene rings is 2. The van der Waals surface area contributed by atoms with Gasteiger partial charge in [0.1, 0.15) is 0 Å². The van der Waals surface area contributed by atoms with Crippen LogP contribution in [0.1, 0.15) is 32.6 Å². The standard InChI is InChI=1S/C25H28N4O3S/c1-2-20-13-9-10-16-28(20)22(30)17-32-23(31)18-33-25-27-26-24(19-11-5-3-6-12-19)29(25)21-14-7-4-8-15-21/h3-8,11-12,14-15,20H,2,9-10,13,16-18H2,1H3. The highest BCUT2D eigenvalue weighted by Gasteiger charge is 2.26. The zero-order valence-electron chi connectivity index (χ0n) is 18.7. The maximum Gasteiger partial charge on any atom is 0.316 e. The molecule has 1 amide bonds. The Kier molecular flexibility index (Phi) is 7.78. The lowest BCUT2D eigenvalue weighted by Crippen LogP contribution is -2.45. The predicted molar refractivity (Wildman–Crippen MR) is 128 cm³/mol. The number of carbonyl (C=O) groups is 2. The highest BCUT2D eigenvalue weighted by molar-refractivity contribution is 7.99. The maximum absolute atomic E-state index is 12.6. The van der Waals surface area contributed by atoms with E-state index in [4.69, 9.17) is 4.74 Å². The van der Waals surface area contributed by atoms with Crippen molar-refractivity contribution in [3.05, 3.63) is 60.7 Å². The van der Waals surface area contributed by atoms with Gasteiger partial charge in [-0.05, 0) is 37.8 Å². The number of amides is 1. The van der Waals surface area contributed by atoms with Crippen molar-refractivity contribution in [1.29, 1.82) is 0 Å². The molecule has 2 heterocycles. The van der Waals surface area contributed by atoms with Crippen molar-refractivity contribution < 1.29 is 14.3 Å². The lowest BCUT2D eigenvalue weighted by Gasteiger charge is -2.35. The molecule has 1 aliphatic heterocycles. The van der Waals surface area contributed by atoms with Gasteiger partial charge in [0.25, 0.3) is 5.91 Å². The third-order valence-electron chi connectivity index (χ3n) is 5.77. The minimum Gasteiger partial charge on any atom is -0.455 e. The Hall–Kier alpha value is -3.13. The van der Waals surface area contributed by atoms with Crippen LogP contribution >= 0.6 is 11.8 Å². The van der Waals surface area contributed by atoms with Crippen LogP contribution in [0.15, 0.2) is 65.8 Å². The summed E-state index contributed by atoms with van der Waals surface area (Å²) in [7, 11) is 0. The molecule has 0 radical (unpaired) electrons. The van der Waals surface area contributed by atoms with E-state index >= 15 is 0 Å². The molecule has 1 saturated heterocycles. The molecule has 1 unspecified atom stereocenters. The van der Waals surface area contributed by atoms with Gasteiger partial charge in [-0.25, -0.2) is 0 Å². The molecule has 4 rings (SSSR count). The molecular weight excluding hydrogens is 436 g/mol. The topological polar surface area (TPSA) is 77.3 Å². The Labute approximate surface area is 198 Å². The fraction of sp³-hybridized carbons (Fsp3) is 0.360. The Morgan fingerprint density at radius 2 is 1.76 bits per heavy atom. The van der Waals surface area contributed by atoms with Crippen LogP contribution in [0, 0.1) is 0 Å². The summed E-state index contributed by atoms with van der Waals surface area (Å²) < 4.78 is 7.23. The quantitative estimate of drug-likeness (QED) is 0.364. The van der Waals surface area contributed by atoms with Gasteiger partial charge in [-0.2, -0.15) is 0 Å². The average Bonchev–Trinajstić information content (AvgIpc) is 3.31. The van der Waals surface area contributed by atoms with E-state index < -0.39 is 5.97 Å². The van der Waals surface area contributed by atoms with E-state index in [1.807, 2.05) is 70.1 Å². The number of ether oxygens (including phenoxy) is 1. The molecule has 7 nitrogen and oxygen atoms in total. The minimum absolute atomic E-state index is 0.0459. The lowest BCUT2D eigenvalue weighted by molar-refractivity contribution is -0.151. The third-order valence-corrected chi connectivity index (χ3v) is 6.68. The smallest absolute Gasteiger partial charge is 0.316 e. The SMILES string of the molecule is CCC1CCCCN1C(=O)COC(=O)CSc1nnc(-c2ccccc2)n1-c1ccccc1. The first-order valence-electron chi connectivity index (χ1n) is 11.3. The van der Waals surface area contributed by atoms with Crippen LogP contribution < -0.4 is 0 Å². The number of nitrogens with zero attached hydrogens (tertiary/aromatic N) is 4. The van der Waals surface area contributed by atoms with Gasteiger partial charge >= 0.3 is 5.97 Å². The molecule has 0 N–H and O–H groups in total. The van der Waals surface area contributed by atoms with E-state index in [1.165, 1.54) is 11.8 Å². The second kappa shape index (κ2) is 11.1. The number of aromatic nitrogens is 3. The summed E-state index contributed by atoms with van der Waals surface area (Å²) in [5, 5.41) is 9.28. The number of para-hydroxylation sites is 1. The summed E-state index contributed by atoms with van der Waals surface area (Å²) in [4.78, 5) is 26.8. The maximum atomic E-state index is 12.6. The first-order chi connectivity index (χ1) is 16.2. The summed E-state index contributed by atoms with van der Waals surface area (Å²) in [5.74, 6) is 0.189. The first kappa shape index (κ1) is 23.0. The molecule has 0 saturated carbocycles.